The smallest absolute Gasteiger partial charge is 0.118 e. The molecule has 0 bridgehead atoms. The molecule has 2 aromatic rings. The van der Waals surface area contributed by atoms with Crippen molar-refractivity contribution in [2.24, 2.45) is 0 Å². The lowest BCUT2D eigenvalue weighted by atomic mass is 10.1. The minimum absolute atomic E-state index is 0.722. The molecule has 0 radical (unpaired) electrons. The zero-order valence-electron chi connectivity index (χ0n) is 9.89. The van der Waals surface area contributed by atoms with Crippen LogP contribution in [0.4, 0.5) is 0 Å². The first-order valence-electron chi connectivity index (χ1n) is 5.97. The van der Waals surface area contributed by atoms with Crippen LogP contribution in [0.1, 0.15) is 24.5 Å². The van der Waals surface area contributed by atoms with E-state index >= 15 is 0 Å². The van der Waals surface area contributed by atoms with Crippen LogP contribution in [0, 0.1) is 0 Å². The van der Waals surface area contributed by atoms with Gasteiger partial charge in [0.2, 0.25) is 0 Å². The molecule has 0 N–H and O–H groups in total. The Labute approximate surface area is 101 Å². The van der Waals surface area contributed by atoms with E-state index < -0.39 is 0 Å². The maximum atomic E-state index is 5.15. The highest BCUT2D eigenvalue weighted by Crippen LogP contribution is 2.39. The molecule has 0 spiro atoms. The Morgan fingerprint density at radius 3 is 2.24 bits per heavy atom. The average Bonchev–Trinajstić information content (AvgIpc) is 3.24. The van der Waals surface area contributed by atoms with E-state index in [0.29, 0.717) is 0 Å². The van der Waals surface area contributed by atoms with Crippen molar-refractivity contribution in [1.29, 1.82) is 0 Å². The predicted octanol–water partition coefficient (Wildman–Crippen LogP) is 3.63. The number of rotatable bonds is 3. The van der Waals surface area contributed by atoms with Crippen molar-refractivity contribution >= 4 is 0 Å². The molecule has 1 aromatic heterocycles. The standard InChI is InChI=1S/C15H15NO/c1-17-14-7-4-11(5-8-14)13-6-9-15(16-10-13)12-2-3-12/h4-10,12H,2-3H2,1H3. The normalized spacial score (nSPS) is 14.6. The topological polar surface area (TPSA) is 22.1 Å². The number of benzene rings is 1. The Kier molecular flexibility index (Phi) is 2.56. The molecule has 1 aliphatic rings. The summed E-state index contributed by atoms with van der Waals surface area (Å²) in [5, 5.41) is 0. The minimum Gasteiger partial charge on any atom is -0.497 e. The molecular weight excluding hydrogens is 210 g/mol. The number of pyridine rings is 1. The first kappa shape index (κ1) is 10.3. The fourth-order valence-corrected chi connectivity index (χ4v) is 1.98. The van der Waals surface area contributed by atoms with Gasteiger partial charge in [-0.2, -0.15) is 0 Å². The van der Waals surface area contributed by atoms with E-state index in [1.54, 1.807) is 7.11 Å². The number of aromatic nitrogens is 1. The van der Waals surface area contributed by atoms with Gasteiger partial charge in [-0.1, -0.05) is 18.2 Å². The monoisotopic (exact) mass is 225 g/mol. The highest BCUT2D eigenvalue weighted by Gasteiger charge is 2.24. The third-order valence-corrected chi connectivity index (χ3v) is 3.21. The fourth-order valence-electron chi connectivity index (χ4n) is 1.98. The summed E-state index contributed by atoms with van der Waals surface area (Å²) < 4.78 is 5.15. The van der Waals surface area contributed by atoms with Crippen LogP contribution >= 0.6 is 0 Å². The zero-order chi connectivity index (χ0) is 11.7. The van der Waals surface area contributed by atoms with Crippen molar-refractivity contribution in [1.82, 2.24) is 4.98 Å². The highest BCUT2D eigenvalue weighted by molar-refractivity contribution is 5.63. The maximum Gasteiger partial charge on any atom is 0.118 e. The molecular formula is C15H15NO. The molecule has 1 fully saturated rings. The van der Waals surface area contributed by atoms with Gasteiger partial charge in [0.25, 0.3) is 0 Å². The molecule has 0 atom stereocenters. The Balaban J connectivity index is 1.86. The van der Waals surface area contributed by atoms with Gasteiger partial charge >= 0.3 is 0 Å². The molecule has 0 aliphatic heterocycles. The molecule has 1 aromatic carbocycles. The maximum absolute atomic E-state index is 5.15. The Morgan fingerprint density at radius 1 is 1.00 bits per heavy atom. The first-order chi connectivity index (χ1) is 8.36. The Bertz CT molecular complexity index is 497. The third kappa shape index (κ3) is 2.16. The van der Waals surface area contributed by atoms with Gasteiger partial charge in [-0.3, -0.25) is 4.98 Å². The van der Waals surface area contributed by atoms with Crippen molar-refractivity contribution in [2.75, 3.05) is 7.11 Å². The summed E-state index contributed by atoms with van der Waals surface area (Å²) in [6.45, 7) is 0. The average molecular weight is 225 g/mol. The van der Waals surface area contributed by atoms with Gasteiger partial charge in [-0.05, 0) is 36.6 Å². The zero-order valence-corrected chi connectivity index (χ0v) is 9.89. The van der Waals surface area contributed by atoms with E-state index in [9.17, 15) is 0 Å². The van der Waals surface area contributed by atoms with Crippen LogP contribution in [0.3, 0.4) is 0 Å². The summed E-state index contributed by atoms with van der Waals surface area (Å²) in [5.41, 5.74) is 3.58. The molecule has 86 valence electrons. The van der Waals surface area contributed by atoms with E-state index in [4.69, 9.17) is 4.74 Å². The number of ether oxygens (including phenoxy) is 1. The molecule has 0 saturated heterocycles. The van der Waals surface area contributed by atoms with Crippen LogP contribution in [0.15, 0.2) is 42.6 Å². The summed E-state index contributed by atoms with van der Waals surface area (Å²) >= 11 is 0. The van der Waals surface area contributed by atoms with Crippen molar-refractivity contribution < 1.29 is 4.74 Å². The quantitative estimate of drug-likeness (QED) is 0.795. The molecule has 3 rings (SSSR count). The second kappa shape index (κ2) is 4.21. The number of nitrogens with zero attached hydrogens (tertiary/aromatic N) is 1. The van der Waals surface area contributed by atoms with Crippen LogP contribution in [-0.4, -0.2) is 12.1 Å². The van der Waals surface area contributed by atoms with Crippen LogP contribution in [0.5, 0.6) is 5.75 Å². The van der Waals surface area contributed by atoms with Gasteiger partial charge in [-0.15, -0.1) is 0 Å². The lowest BCUT2D eigenvalue weighted by Gasteiger charge is -2.04. The van der Waals surface area contributed by atoms with Crippen molar-refractivity contribution in [2.45, 2.75) is 18.8 Å². The molecule has 1 aliphatic carbocycles. The van der Waals surface area contributed by atoms with Crippen molar-refractivity contribution in [3.05, 3.63) is 48.3 Å². The van der Waals surface area contributed by atoms with E-state index in [0.717, 1.165) is 17.2 Å². The Morgan fingerprint density at radius 2 is 1.71 bits per heavy atom. The lowest BCUT2D eigenvalue weighted by molar-refractivity contribution is 0.415. The molecule has 2 nitrogen and oxygen atoms in total. The van der Waals surface area contributed by atoms with Crippen molar-refractivity contribution in [3.63, 3.8) is 0 Å². The van der Waals surface area contributed by atoms with E-state index in [2.05, 4.69) is 29.2 Å². The highest BCUT2D eigenvalue weighted by atomic mass is 16.5. The molecule has 17 heavy (non-hydrogen) atoms. The summed E-state index contributed by atoms with van der Waals surface area (Å²) in [5.74, 6) is 1.61. The summed E-state index contributed by atoms with van der Waals surface area (Å²) in [7, 11) is 1.68. The van der Waals surface area contributed by atoms with E-state index in [-0.39, 0.29) is 0 Å². The fraction of sp³-hybridized carbons (Fsp3) is 0.267. The van der Waals surface area contributed by atoms with Crippen molar-refractivity contribution in [3.8, 4) is 16.9 Å². The second-order valence-corrected chi connectivity index (χ2v) is 4.47. The van der Waals surface area contributed by atoms with Gasteiger partial charge in [0.05, 0.1) is 7.11 Å². The second-order valence-electron chi connectivity index (χ2n) is 4.47. The summed E-state index contributed by atoms with van der Waals surface area (Å²) in [6.07, 6.45) is 4.57. The predicted molar refractivity (Wildman–Crippen MR) is 68.2 cm³/mol. The van der Waals surface area contributed by atoms with Gasteiger partial charge in [0.15, 0.2) is 0 Å². The largest absolute Gasteiger partial charge is 0.497 e. The SMILES string of the molecule is COc1ccc(-c2ccc(C3CC3)nc2)cc1. The minimum atomic E-state index is 0.722. The molecule has 1 saturated carbocycles. The van der Waals surface area contributed by atoms with Crippen LogP contribution in [0.25, 0.3) is 11.1 Å². The first-order valence-corrected chi connectivity index (χ1v) is 5.97. The van der Waals surface area contributed by atoms with Gasteiger partial charge in [-0.25, -0.2) is 0 Å². The van der Waals surface area contributed by atoms with E-state index in [1.165, 1.54) is 24.1 Å². The van der Waals surface area contributed by atoms with Crippen LogP contribution in [0.2, 0.25) is 0 Å². The lowest BCUT2D eigenvalue weighted by Crippen LogP contribution is -1.87. The Hall–Kier alpha value is -1.83. The van der Waals surface area contributed by atoms with Crippen LogP contribution < -0.4 is 4.74 Å². The number of hydrogen-bond donors (Lipinski definition) is 0. The molecule has 2 heteroatoms. The number of hydrogen-bond acceptors (Lipinski definition) is 2. The number of methoxy groups -OCH3 is 1. The third-order valence-electron chi connectivity index (χ3n) is 3.21. The van der Waals surface area contributed by atoms with Crippen LogP contribution in [-0.2, 0) is 0 Å². The van der Waals surface area contributed by atoms with Gasteiger partial charge < -0.3 is 4.74 Å². The van der Waals surface area contributed by atoms with Gasteiger partial charge in [0, 0.05) is 23.4 Å². The molecule has 0 unspecified atom stereocenters. The summed E-state index contributed by atoms with van der Waals surface area (Å²) in [4.78, 5) is 4.53. The van der Waals surface area contributed by atoms with Gasteiger partial charge in [0.1, 0.15) is 5.75 Å². The molecule has 0 amide bonds. The van der Waals surface area contributed by atoms with E-state index in [1.807, 2.05) is 18.3 Å². The molecule has 1 heterocycles. The summed E-state index contributed by atoms with van der Waals surface area (Å²) in [6, 6.07) is 12.4.